The fourth-order valence-electron chi connectivity index (χ4n) is 5.49. The van der Waals surface area contributed by atoms with Crippen LogP contribution in [0, 0.1) is 5.41 Å². The molecular weight excluding hydrogens is 560 g/mol. The molecule has 2 aromatic heterocycles. The Morgan fingerprint density at radius 1 is 1.00 bits per heavy atom. The lowest BCUT2D eigenvalue weighted by atomic mass is 9.93. The lowest BCUT2D eigenvalue weighted by Crippen LogP contribution is -2.40. The van der Waals surface area contributed by atoms with Crippen LogP contribution in [0.5, 0.6) is 0 Å². The van der Waals surface area contributed by atoms with Crippen LogP contribution in [0.25, 0.3) is 5.78 Å². The number of fused-ring (bicyclic) bond motifs is 1. The van der Waals surface area contributed by atoms with E-state index in [1.54, 1.807) is 11.0 Å². The van der Waals surface area contributed by atoms with E-state index in [0.717, 1.165) is 25.9 Å². The second-order valence-electron chi connectivity index (χ2n) is 11.0. The monoisotopic (exact) mass is 591 g/mol. The Morgan fingerprint density at radius 3 is 2.39 bits per heavy atom. The molecule has 1 amide bonds. The number of aliphatic hydroxyl groups excluding tert-OH is 1. The quantitative estimate of drug-likeness (QED) is 0.354. The first-order valence-corrected chi connectivity index (χ1v) is 15.2. The van der Waals surface area contributed by atoms with E-state index in [0.29, 0.717) is 22.6 Å². The molecule has 1 spiro atoms. The van der Waals surface area contributed by atoms with Crippen molar-refractivity contribution in [2.24, 2.45) is 5.41 Å². The molecule has 13 nitrogen and oxygen atoms in total. The fraction of sp³-hybridized carbons (Fsp3) is 0.560. The van der Waals surface area contributed by atoms with E-state index in [-0.39, 0.29) is 43.3 Å². The van der Waals surface area contributed by atoms with E-state index >= 15 is 0 Å². The first kappa shape index (κ1) is 27.5. The third-order valence-corrected chi connectivity index (χ3v) is 9.42. The summed E-state index contributed by atoms with van der Waals surface area (Å²) in [6.07, 6.45) is 5.12. The SMILES string of the molecule is O=C(Nc1nc(N2CCC(F)(F)CC2)n2cnnc2n1)c1ccc(NS(=O)(=O)CCO)cc1N1CCC2(CC1)CC2. The van der Waals surface area contributed by atoms with Gasteiger partial charge >= 0.3 is 0 Å². The lowest BCUT2D eigenvalue weighted by Gasteiger charge is -2.35. The smallest absolute Gasteiger partial charge is 0.260 e. The van der Waals surface area contributed by atoms with Gasteiger partial charge in [0, 0.05) is 39.0 Å². The number of carbonyl (C=O) groups excluding carboxylic acids is 1. The van der Waals surface area contributed by atoms with Gasteiger partial charge in [0.1, 0.15) is 6.33 Å². The van der Waals surface area contributed by atoms with Crippen LogP contribution >= 0.6 is 0 Å². The van der Waals surface area contributed by atoms with Crippen molar-refractivity contribution >= 4 is 45.0 Å². The van der Waals surface area contributed by atoms with Crippen LogP contribution < -0.4 is 19.8 Å². The average molecular weight is 592 g/mol. The van der Waals surface area contributed by atoms with Gasteiger partial charge in [0.2, 0.25) is 21.9 Å². The first-order chi connectivity index (χ1) is 19.6. The molecule has 3 fully saturated rings. The summed E-state index contributed by atoms with van der Waals surface area (Å²) in [5, 5.41) is 19.6. The van der Waals surface area contributed by atoms with E-state index < -0.39 is 34.2 Å². The molecule has 2 saturated heterocycles. The summed E-state index contributed by atoms with van der Waals surface area (Å²) in [4.78, 5) is 26.1. The van der Waals surface area contributed by atoms with Gasteiger partial charge in [0.15, 0.2) is 0 Å². The van der Waals surface area contributed by atoms with Crippen molar-refractivity contribution in [1.82, 2.24) is 24.6 Å². The number of piperidine rings is 2. The van der Waals surface area contributed by atoms with Crippen molar-refractivity contribution in [3.05, 3.63) is 30.1 Å². The summed E-state index contributed by atoms with van der Waals surface area (Å²) in [6.45, 7) is 1.06. The van der Waals surface area contributed by atoms with Gasteiger partial charge in [0.05, 0.1) is 29.3 Å². The molecule has 41 heavy (non-hydrogen) atoms. The number of alkyl halides is 2. The van der Waals surface area contributed by atoms with Gasteiger partial charge in [-0.15, -0.1) is 10.2 Å². The summed E-state index contributed by atoms with van der Waals surface area (Å²) in [7, 11) is -3.77. The lowest BCUT2D eigenvalue weighted by molar-refractivity contribution is -0.0223. The number of carbonyl (C=O) groups is 1. The van der Waals surface area contributed by atoms with Crippen molar-refractivity contribution in [1.29, 1.82) is 0 Å². The van der Waals surface area contributed by atoms with Gasteiger partial charge in [-0.3, -0.25) is 14.8 Å². The number of amides is 1. The third-order valence-electron chi connectivity index (χ3n) is 8.16. The topological polar surface area (TPSA) is 158 Å². The Balaban J connectivity index is 1.29. The van der Waals surface area contributed by atoms with Crippen LogP contribution in [-0.2, 0) is 10.0 Å². The molecule has 3 aliphatic rings. The molecule has 220 valence electrons. The molecule has 3 aromatic rings. The molecular formula is C25H31F2N9O4S. The number of benzene rings is 1. The average Bonchev–Trinajstić information content (AvgIpc) is 3.50. The van der Waals surface area contributed by atoms with Crippen molar-refractivity contribution in [2.45, 2.75) is 44.4 Å². The highest BCUT2D eigenvalue weighted by Gasteiger charge is 2.44. The Hall–Kier alpha value is -3.66. The number of nitrogens with zero attached hydrogens (tertiary/aromatic N) is 7. The van der Waals surface area contributed by atoms with Crippen molar-refractivity contribution in [2.75, 3.05) is 58.4 Å². The summed E-state index contributed by atoms with van der Waals surface area (Å²) in [5.41, 5.74) is 1.52. The highest BCUT2D eigenvalue weighted by atomic mass is 32.2. The third kappa shape index (κ3) is 5.88. The maximum atomic E-state index is 13.8. The number of anilines is 4. The van der Waals surface area contributed by atoms with Gasteiger partial charge < -0.3 is 14.9 Å². The van der Waals surface area contributed by atoms with E-state index in [1.807, 2.05) is 0 Å². The van der Waals surface area contributed by atoms with Gasteiger partial charge in [-0.05, 0) is 49.3 Å². The van der Waals surface area contributed by atoms with Crippen LogP contribution in [0.2, 0.25) is 0 Å². The largest absolute Gasteiger partial charge is 0.395 e. The predicted octanol–water partition coefficient (Wildman–Crippen LogP) is 2.12. The number of aromatic nitrogens is 5. The maximum Gasteiger partial charge on any atom is 0.260 e. The molecule has 0 unspecified atom stereocenters. The summed E-state index contributed by atoms with van der Waals surface area (Å²) < 4.78 is 56.1. The minimum atomic E-state index is -3.77. The van der Waals surface area contributed by atoms with E-state index in [1.165, 1.54) is 35.7 Å². The zero-order valence-corrected chi connectivity index (χ0v) is 23.1. The fourth-order valence-corrected chi connectivity index (χ4v) is 6.32. The summed E-state index contributed by atoms with van der Waals surface area (Å²) >= 11 is 0. The van der Waals surface area contributed by atoms with Crippen LogP contribution in [0.15, 0.2) is 24.5 Å². The molecule has 1 saturated carbocycles. The van der Waals surface area contributed by atoms with Gasteiger partial charge in [0.25, 0.3) is 17.6 Å². The summed E-state index contributed by atoms with van der Waals surface area (Å²) in [5.74, 6) is -3.31. The highest BCUT2D eigenvalue weighted by Crippen LogP contribution is 2.54. The number of sulfonamides is 1. The molecule has 4 heterocycles. The molecule has 1 aliphatic carbocycles. The number of halogens is 2. The molecule has 6 rings (SSSR count). The van der Waals surface area contributed by atoms with Crippen molar-refractivity contribution in [3.8, 4) is 0 Å². The van der Waals surface area contributed by atoms with Gasteiger partial charge in [-0.25, -0.2) is 21.6 Å². The standard InChI is InChI=1S/C25H31F2N9O4S/c26-25(27)7-11-35(12-8-25)23-31-21(30-22-32-28-16-36(22)23)29-20(38)18-2-1-17(33-41(39,40)14-13-37)15-19(18)34-9-5-24(3-4-24)6-10-34/h1-2,15-16,33,37H,3-14H2,(H,29,30,32,38). The number of hydrogen-bond donors (Lipinski definition) is 3. The minimum Gasteiger partial charge on any atom is -0.395 e. The molecule has 0 bridgehead atoms. The van der Waals surface area contributed by atoms with E-state index in [4.69, 9.17) is 5.11 Å². The van der Waals surface area contributed by atoms with E-state index in [2.05, 4.69) is 35.1 Å². The Morgan fingerprint density at radius 2 is 1.71 bits per heavy atom. The van der Waals surface area contributed by atoms with Crippen molar-refractivity contribution in [3.63, 3.8) is 0 Å². The van der Waals surface area contributed by atoms with Crippen molar-refractivity contribution < 1.29 is 27.1 Å². The Kier molecular flexibility index (Phi) is 6.92. The second-order valence-corrected chi connectivity index (χ2v) is 12.9. The van der Waals surface area contributed by atoms with E-state index in [9.17, 15) is 22.0 Å². The Bertz CT molecular complexity index is 1560. The summed E-state index contributed by atoms with van der Waals surface area (Å²) in [6, 6.07) is 4.64. The molecule has 1 aromatic carbocycles. The molecule has 0 radical (unpaired) electrons. The van der Waals surface area contributed by atoms with Crippen LogP contribution in [0.4, 0.5) is 32.1 Å². The van der Waals surface area contributed by atoms with Gasteiger partial charge in [-0.1, -0.05) is 0 Å². The second kappa shape index (κ2) is 10.3. The van der Waals surface area contributed by atoms with Crippen LogP contribution in [-0.4, -0.2) is 88.5 Å². The Labute approximate surface area is 235 Å². The molecule has 2 aliphatic heterocycles. The normalized spacial score (nSPS) is 19.9. The highest BCUT2D eigenvalue weighted by molar-refractivity contribution is 7.92. The maximum absolute atomic E-state index is 13.8. The van der Waals surface area contributed by atoms with Gasteiger partial charge in [-0.2, -0.15) is 9.97 Å². The zero-order valence-electron chi connectivity index (χ0n) is 22.3. The number of nitrogens with one attached hydrogen (secondary N) is 2. The number of hydrogen-bond acceptors (Lipinski definition) is 10. The number of rotatable bonds is 8. The predicted molar refractivity (Wildman–Crippen MR) is 147 cm³/mol. The van der Waals surface area contributed by atoms with Crippen LogP contribution in [0.3, 0.4) is 0 Å². The minimum absolute atomic E-state index is 0.0583. The molecule has 0 atom stereocenters. The number of aliphatic hydroxyl groups is 1. The zero-order chi connectivity index (χ0) is 28.8. The first-order valence-electron chi connectivity index (χ1n) is 13.6. The molecule has 3 N–H and O–H groups in total. The molecule has 16 heteroatoms. The van der Waals surface area contributed by atoms with Crippen LogP contribution in [0.1, 0.15) is 48.9 Å².